The van der Waals surface area contributed by atoms with Crippen molar-refractivity contribution in [2.24, 2.45) is 5.10 Å². The van der Waals surface area contributed by atoms with Crippen LogP contribution in [0.5, 0.6) is 0 Å². The smallest absolute Gasteiger partial charge is 0.267 e. The Hall–Kier alpha value is -2.36. The molecule has 0 aliphatic carbocycles. The predicted octanol–water partition coefficient (Wildman–Crippen LogP) is 4.91. The van der Waals surface area contributed by atoms with Crippen molar-refractivity contribution in [3.8, 4) is 0 Å². The topological polar surface area (TPSA) is 41.5 Å². The summed E-state index contributed by atoms with van der Waals surface area (Å²) in [5, 5.41) is 6.86. The number of benzene rings is 3. The molecule has 1 amide bonds. The summed E-state index contributed by atoms with van der Waals surface area (Å²) in [6.07, 6.45) is 1.47. The molecule has 1 N–H and O–H groups in total. The largest absolute Gasteiger partial charge is 0.271 e. The van der Waals surface area contributed by atoms with Crippen molar-refractivity contribution in [3.05, 3.63) is 81.8 Å². The number of nitrogens with one attached hydrogen (secondary N) is 1. The number of halogens is 2. The highest BCUT2D eigenvalue weighted by molar-refractivity contribution is 6.43. The second-order valence-electron chi connectivity index (χ2n) is 4.90. The molecule has 3 rings (SSSR count). The molecule has 3 nitrogen and oxygen atoms in total. The van der Waals surface area contributed by atoms with Crippen LogP contribution in [0.15, 0.2) is 65.8 Å². The molecule has 0 aromatic heterocycles. The summed E-state index contributed by atoms with van der Waals surface area (Å²) in [6, 6.07) is 18.6. The first kappa shape index (κ1) is 15.5. The van der Waals surface area contributed by atoms with Gasteiger partial charge in [-0.25, -0.2) is 5.43 Å². The second kappa shape index (κ2) is 6.82. The van der Waals surface area contributed by atoms with E-state index < -0.39 is 0 Å². The van der Waals surface area contributed by atoms with Crippen LogP contribution in [0, 0.1) is 0 Å². The van der Waals surface area contributed by atoms with Crippen molar-refractivity contribution in [1.82, 2.24) is 5.43 Å². The Morgan fingerprint density at radius 3 is 2.57 bits per heavy atom. The van der Waals surface area contributed by atoms with Gasteiger partial charge in [0.1, 0.15) is 0 Å². The maximum absolute atomic E-state index is 12.1. The molecule has 0 atom stereocenters. The molecular formula is C18H12Cl2N2O. The number of fused-ring (bicyclic) bond motifs is 1. The number of hydrogen-bond donors (Lipinski definition) is 1. The third kappa shape index (κ3) is 3.52. The lowest BCUT2D eigenvalue weighted by molar-refractivity contribution is 0.0955. The zero-order valence-corrected chi connectivity index (χ0v) is 13.5. The maximum atomic E-state index is 12.1. The minimum absolute atomic E-state index is 0.287. The summed E-state index contributed by atoms with van der Waals surface area (Å²) in [5.74, 6) is -0.287. The van der Waals surface area contributed by atoms with E-state index in [-0.39, 0.29) is 5.91 Å². The molecule has 0 aliphatic heterocycles. The zero-order chi connectivity index (χ0) is 16.2. The van der Waals surface area contributed by atoms with Crippen LogP contribution in [-0.2, 0) is 0 Å². The van der Waals surface area contributed by atoms with Gasteiger partial charge < -0.3 is 0 Å². The Morgan fingerprint density at radius 2 is 1.74 bits per heavy atom. The van der Waals surface area contributed by atoms with Gasteiger partial charge in [-0.3, -0.25) is 4.79 Å². The van der Waals surface area contributed by atoms with Gasteiger partial charge in [-0.1, -0.05) is 65.7 Å². The highest BCUT2D eigenvalue weighted by Crippen LogP contribution is 2.24. The van der Waals surface area contributed by atoms with E-state index in [2.05, 4.69) is 10.5 Å². The zero-order valence-electron chi connectivity index (χ0n) is 12.0. The van der Waals surface area contributed by atoms with Crippen molar-refractivity contribution in [2.75, 3.05) is 0 Å². The lowest BCUT2D eigenvalue weighted by Gasteiger charge is -2.03. The minimum atomic E-state index is -0.287. The summed E-state index contributed by atoms with van der Waals surface area (Å²) in [6.45, 7) is 0. The molecule has 3 aromatic carbocycles. The van der Waals surface area contributed by atoms with Gasteiger partial charge in [0.2, 0.25) is 0 Å². The van der Waals surface area contributed by atoms with Gasteiger partial charge >= 0.3 is 0 Å². The van der Waals surface area contributed by atoms with Gasteiger partial charge in [0.15, 0.2) is 0 Å². The van der Waals surface area contributed by atoms with Gasteiger partial charge in [0, 0.05) is 11.1 Å². The molecule has 0 saturated heterocycles. The summed E-state index contributed by atoms with van der Waals surface area (Å²) in [5.41, 5.74) is 3.66. The molecule has 5 heteroatoms. The van der Waals surface area contributed by atoms with E-state index >= 15 is 0 Å². The molecule has 0 fully saturated rings. The Labute approximate surface area is 143 Å². The van der Waals surface area contributed by atoms with Gasteiger partial charge in [0.05, 0.1) is 16.3 Å². The third-order valence-electron chi connectivity index (χ3n) is 3.36. The van der Waals surface area contributed by atoms with Crippen molar-refractivity contribution >= 4 is 46.1 Å². The van der Waals surface area contributed by atoms with E-state index in [1.165, 1.54) is 6.21 Å². The van der Waals surface area contributed by atoms with E-state index in [1.807, 2.05) is 36.4 Å². The molecule has 3 aromatic rings. The molecule has 23 heavy (non-hydrogen) atoms. The van der Waals surface area contributed by atoms with Gasteiger partial charge in [-0.2, -0.15) is 5.10 Å². The number of carbonyl (C=O) groups is 1. The van der Waals surface area contributed by atoms with Crippen LogP contribution in [0.2, 0.25) is 10.0 Å². The molecule has 114 valence electrons. The van der Waals surface area contributed by atoms with Gasteiger partial charge in [0.25, 0.3) is 5.91 Å². The SMILES string of the molecule is O=C(NN=Cc1cccc(Cl)c1Cl)c1ccc2ccccc2c1. The summed E-state index contributed by atoms with van der Waals surface area (Å²) in [4.78, 5) is 12.1. The van der Waals surface area contributed by atoms with Crippen LogP contribution in [0.4, 0.5) is 0 Å². The highest BCUT2D eigenvalue weighted by atomic mass is 35.5. The van der Waals surface area contributed by atoms with E-state index in [0.717, 1.165) is 10.8 Å². The normalized spacial score (nSPS) is 11.0. The molecule has 0 saturated carbocycles. The lowest BCUT2D eigenvalue weighted by Crippen LogP contribution is -2.17. The fourth-order valence-electron chi connectivity index (χ4n) is 2.18. The molecule has 0 aliphatic rings. The van der Waals surface area contributed by atoms with Crippen LogP contribution < -0.4 is 5.43 Å². The molecule has 0 spiro atoms. The van der Waals surface area contributed by atoms with Crippen molar-refractivity contribution in [2.45, 2.75) is 0 Å². The number of amides is 1. The average Bonchev–Trinajstić information content (AvgIpc) is 2.58. The van der Waals surface area contributed by atoms with Crippen LogP contribution >= 0.6 is 23.2 Å². The first-order chi connectivity index (χ1) is 11.1. The third-order valence-corrected chi connectivity index (χ3v) is 4.20. The summed E-state index contributed by atoms with van der Waals surface area (Å²) >= 11 is 12.0. The monoisotopic (exact) mass is 342 g/mol. The minimum Gasteiger partial charge on any atom is -0.267 e. The molecule has 0 radical (unpaired) electrons. The predicted molar refractivity (Wildman–Crippen MR) is 95.5 cm³/mol. The van der Waals surface area contributed by atoms with Gasteiger partial charge in [-0.15, -0.1) is 0 Å². The van der Waals surface area contributed by atoms with E-state index in [0.29, 0.717) is 21.2 Å². The number of carbonyl (C=O) groups excluding carboxylic acids is 1. The maximum Gasteiger partial charge on any atom is 0.271 e. The van der Waals surface area contributed by atoms with E-state index in [1.54, 1.807) is 24.3 Å². The molecule has 0 unspecified atom stereocenters. The molecule has 0 heterocycles. The van der Waals surface area contributed by atoms with Crippen LogP contribution in [0.1, 0.15) is 15.9 Å². The highest BCUT2D eigenvalue weighted by Gasteiger charge is 2.05. The van der Waals surface area contributed by atoms with Crippen LogP contribution in [0.25, 0.3) is 10.8 Å². The fourth-order valence-corrected chi connectivity index (χ4v) is 2.53. The number of hydrogen-bond acceptors (Lipinski definition) is 2. The van der Waals surface area contributed by atoms with Crippen LogP contribution in [0.3, 0.4) is 0 Å². The van der Waals surface area contributed by atoms with Gasteiger partial charge in [-0.05, 0) is 29.0 Å². The Balaban J connectivity index is 1.75. The Bertz CT molecular complexity index is 906. The van der Waals surface area contributed by atoms with Crippen molar-refractivity contribution < 1.29 is 4.79 Å². The van der Waals surface area contributed by atoms with E-state index in [9.17, 15) is 4.79 Å². The Kier molecular flexibility index (Phi) is 4.60. The van der Waals surface area contributed by atoms with Crippen LogP contribution in [-0.4, -0.2) is 12.1 Å². The average molecular weight is 343 g/mol. The first-order valence-corrected chi connectivity index (χ1v) is 7.67. The molecule has 0 bridgehead atoms. The molecular weight excluding hydrogens is 331 g/mol. The lowest BCUT2D eigenvalue weighted by atomic mass is 10.1. The Morgan fingerprint density at radius 1 is 0.957 bits per heavy atom. The number of rotatable bonds is 3. The quantitative estimate of drug-likeness (QED) is 0.533. The van der Waals surface area contributed by atoms with Crippen molar-refractivity contribution in [1.29, 1.82) is 0 Å². The standard InChI is InChI=1S/C18H12Cl2N2O/c19-16-7-3-6-15(17(16)20)11-21-22-18(23)14-9-8-12-4-1-2-5-13(12)10-14/h1-11H,(H,22,23). The van der Waals surface area contributed by atoms with Crippen molar-refractivity contribution in [3.63, 3.8) is 0 Å². The first-order valence-electron chi connectivity index (χ1n) is 6.91. The fraction of sp³-hybridized carbons (Fsp3) is 0. The van der Waals surface area contributed by atoms with E-state index in [4.69, 9.17) is 23.2 Å². The number of hydrazone groups is 1. The number of nitrogens with zero attached hydrogens (tertiary/aromatic N) is 1. The summed E-state index contributed by atoms with van der Waals surface area (Å²) < 4.78 is 0. The summed E-state index contributed by atoms with van der Waals surface area (Å²) in [7, 11) is 0. The second-order valence-corrected chi connectivity index (χ2v) is 5.69.